The number of anilines is 1. The molecule has 1 saturated heterocycles. The fourth-order valence-electron chi connectivity index (χ4n) is 2.74. The molecule has 2 aromatic rings. The van der Waals surface area contributed by atoms with Crippen molar-refractivity contribution >= 4 is 18.2 Å². The van der Waals surface area contributed by atoms with E-state index in [1.807, 2.05) is 4.57 Å². The summed E-state index contributed by atoms with van der Waals surface area (Å²) in [6.45, 7) is 6.22. The number of aromatic nitrogens is 3. The van der Waals surface area contributed by atoms with Crippen molar-refractivity contribution in [2.75, 3.05) is 18.0 Å². The lowest BCUT2D eigenvalue weighted by Gasteiger charge is -2.17. The van der Waals surface area contributed by atoms with Crippen LogP contribution in [0, 0.1) is 18.6 Å². The summed E-state index contributed by atoms with van der Waals surface area (Å²) < 4.78 is 2.47. The van der Waals surface area contributed by atoms with Crippen LogP contribution in [0.4, 0.5) is 5.95 Å². The quantitative estimate of drug-likeness (QED) is 0.794. The van der Waals surface area contributed by atoms with E-state index < -0.39 is 0 Å². The summed E-state index contributed by atoms with van der Waals surface area (Å²) in [5.74, 6) is 0.759. The standard InChI is InChI=1S/C15H18N4S/c1-11-6-5-7-12(2)13(11)19-10-16-14(17-15(19)20)18-8-3-4-9-18/h5-7,10H,3-4,8-9H2,1-2H3. The van der Waals surface area contributed by atoms with Crippen molar-refractivity contribution in [1.82, 2.24) is 14.5 Å². The molecule has 20 heavy (non-hydrogen) atoms. The van der Waals surface area contributed by atoms with E-state index in [0.29, 0.717) is 4.77 Å². The van der Waals surface area contributed by atoms with Crippen molar-refractivity contribution in [3.63, 3.8) is 0 Å². The van der Waals surface area contributed by atoms with Crippen molar-refractivity contribution in [3.05, 3.63) is 40.4 Å². The molecule has 4 nitrogen and oxygen atoms in total. The number of aryl methyl sites for hydroxylation is 2. The smallest absolute Gasteiger partial charge is 0.229 e. The van der Waals surface area contributed by atoms with Crippen LogP contribution in [0.15, 0.2) is 24.5 Å². The minimum Gasteiger partial charge on any atom is -0.341 e. The second-order valence-electron chi connectivity index (χ2n) is 5.24. The zero-order chi connectivity index (χ0) is 14.1. The van der Waals surface area contributed by atoms with Crippen molar-refractivity contribution in [2.45, 2.75) is 26.7 Å². The summed E-state index contributed by atoms with van der Waals surface area (Å²) in [5, 5.41) is 0. The molecule has 1 aromatic heterocycles. The highest BCUT2D eigenvalue weighted by Crippen LogP contribution is 2.20. The Morgan fingerprint density at radius 2 is 1.75 bits per heavy atom. The highest BCUT2D eigenvalue weighted by Gasteiger charge is 2.15. The number of hydrogen-bond acceptors (Lipinski definition) is 4. The van der Waals surface area contributed by atoms with Crippen LogP contribution in [0.25, 0.3) is 5.69 Å². The van der Waals surface area contributed by atoms with Gasteiger partial charge in [-0.15, -0.1) is 0 Å². The lowest BCUT2D eigenvalue weighted by Crippen LogP contribution is -2.21. The zero-order valence-corrected chi connectivity index (χ0v) is 12.7. The van der Waals surface area contributed by atoms with Crippen molar-refractivity contribution < 1.29 is 0 Å². The predicted octanol–water partition coefficient (Wildman–Crippen LogP) is 3.21. The van der Waals surface area contributed by atoms with Crippen LogP contribution in [0.2, 0.25) is 0 Å². The minimum absolute atomic E-state index is 0.569. The summed E-state index contributed by atoms with van der Waals surface area (Å²) in [6, 6.07) is 6.22. The average Bonchev–Trinajstić information content (AvgIpc) is 2.94. The molecular weight excluding hydrogens is 268 g/mol. The highest BCUT2D eigenvalue weighted by molar-refractivity contribution is 7.71. The molecule has 5 heteroatoms. The van der Waals surface area contributed by atoms with Crippen LogP contribution >= 0.6 is 12.2 Å². The number of hydrogen-bond donors (Lipinski definition) is 0. The van der Waals surface area contributed by atoms with Gasteiger partial charge in [0.15, 0.2) is 0 Å². The van der Waals surface area contributed by atoms with Crippen LogP contribution < -0.4 is 4.90 Å². The molecule has 2 heterocycles. The molecule has 0 aliphatic carbocycles. The second-order valence-corrected chi connectivity index (χ2v) is 5.61. The SMILES string of the molecule is Cc1cccc(C)c1-n1cnc(N2CCCC2)nc1=S. The van der Waals surface area contributed by atoms with E-state index in [9.17, 15) is 0 Å². The Labute approximate surface area is 124 Å². The third kappa shape index (κ3) is 2.33. The molecule has 1 aliphatic rings. The Bertz CT molecular complexity index is 666. The highest BCUT2D eigenvalue weighted by atomic mass is 32.1. The molecule has 1 fully saturated rings. The normalized spacial score (nSPS) is 14.8. The van der Waals surface area contributed by atoms with Gasteiger partial charge in [0.1, 0.15) is 6.33 Å². The van der Waals surface area contributed by atoms with E-state index >= 15 is 0 Å². The molecule has 0 unspecified atom stereocenters. The Morgan fingerprint density at radius 3 is 2.35 bits per heavy atom. The van der Waals surface area contributed by atoms with Gasteiger partial charge in [-0.2, -0.15) is 4.98 Å². The van der Waals surface area contributed by atoms with Gasteiger partial charge in [-0.25, -0.2) is 4.98 Å². The Hall–Kier alpha value is -1.75. The van der Waals surface area contributed by atoms with Crippen LogP contribution in [-0.4, -0.2) is 27.6 Å². The topological polar surface area (TPSA) is 34.0 Å². The summed E-state index contributed by atoms with van der Waals surface area (Å²) in [6.07, 6.45) is 4.22. The van der Waals surface area contributed by atoms with Crippen LogP contribution in [0.1, 0.15) is 24.0 Å². The number of nitrogens with zero attached hydrogens (tertiary/aromatic N) is 4. The molecule has 0 radical (unpaired) electrons. The minimum atomic E-state index is 0.569. The van der Waals surface area contributed by atoms with Crippen LogP contribution in [-0.2, 0) is 0 Å². The molecule has 1 aliphatic heterocycles. The molecule has 0 amide bonds. The fraction of sp³-hybridized carbons (Fsp3) is 0.400. The van der Waals surface area contributed by atoms with Crippen molar-refractivity contribution in [3.8, 4) is 5.69 Å². The number of benzene rings is 1. The molecule has 104 valence electrons. The van der Waals surface area contributed by atoms with Gasteiger partial charge in [0.25, 0.3) is 0 Å². The maximum Gasteiger partial charge on any atom is 0.229 e. The van der Waals surface area contributed by atoms with Crippen LogP contribution in [0.3, 0.4) is 0 Å². The van der Waals surface area contributed by atoms with Crippen molar-refractivity contribution in [1.29, 1.82) is 0 Å². The van der Waals surface area contributed by atoms with E-state index in [1.54, 1.807) is 6.33 Å². The van der Waals surface area contributed by atoms with E-state index in [0.717, 1.165) is 24.7 Å². The van der Waals surface area contributed by atoms with Gasteiger partial charge in [-0.1, -0.05) is 18.2 Å². The maximum atomic E-state index is 5.46. The van der Waals surface area contributed by atoms with E-state index in [2.05, 4.69) is 46.9 Å². The third-order valence-corrected chi connectivity index (χ3v) is 4.05. The largest absolute Gasteiger partial charge is 0.341 e. The van der Waals surface area contributed by atoms with E-state index in [4.69, 9.17) is 12.2 Å². The fourth-order valence-corrected chi connectivity index (χ4v) is 2.96. The Morgan fingerprint density at radius 1 is 1.10 bits per heavy atom. The van der Waals surface area contributed by atoms with Gasteiger partial charge < -0.3 is 4.90 Å². The Balaban J connectivity index is 2.05. The first-order valence-corrected chi connectivity index (χ1v) is 7.35. The maximum absolute atomic E-state index is 5.46. The van der Waals surface area contributed by atoms with Gasteiger partial charge in [0, 0.05) is 13.1 Å². The molecule has 0 bridgehead atoms. The van der Waals surface area contributed by atoms with Gasteiger partial charge in [0.2, 0.25) is 10.7 Å². The van der Waals surface area contributed by atoms with Gasteiger partial charge >= 0.3 is 0 Å². The predicted molar refractivity (Wildman–Crippen MR) is 83.1 cm³/mol. The molecule has 0 spiro atoms. The molecule has 3 rings (SSSR count). The second kappa shape index (κ2) is 5.32. The summed E-state index contributed by atoms with van der Waals surface area (Å²) in [4.78, 5) is 11.2. The molecular formula is C15H18N4S. The van der Waals surface area contributed by atoms with E-state index in [1.165, 1.54) is 24.0 Å². The first-order valence-electron chi connectivity index (χ1n) is 6.94. The van der Waals surface area contributed by atoms with E-state index in [-0.39, 0.29) is 0 Å². The summed E-state index contributed by atoms with van der Waals surface area (Å²) in [7, 11) is 0. The summed E-state index contributed by atoms with van der Waals surface area (Å²) in [5.41, 5.74) is 3.45. The average molecular weight is 286 g/mol. The third-order valence-electron chi connectivity index (χ3n) is 3.76. The lowest BCUT2D eigenvalue weighted by molar-refractivity contribution is 0.825. The summed E-state index contributed by atoms with van der Waals surface area (Å²) >= 11 is 5.46. The molecule has 0 saturated carbocycles. The number of para-hydroxylation sites is 1. The van der Waals surface area contributed by atoms with Gasteiger partial charge in [-0.05, 0) is 50.0 Å². The lowest BCUT2D eigenvalue weighted by atomic mass is 10.1. The first kappa shape index (κ1) is 13.2. The van der Waals surface area contributed by atoms with Gasteiger partial charge in [-0.3, -0.25) is 4.57 Å². The number of rotatable bonds is 2. The molecule has 1 aromatic carbocycles. The van der Waals surface area contributed by atoms with Crippen LogP contribution in [0.5, 0.6) is 0 Å². The molecule has 0 N–H and O–H groups in total. The van der Waals surface area contributed by atoms with Gasteiger partial charge in [0.05, 0.1) is 5.69 Å². The zero-order valence-electron chi connectivity index (χ0n) is 11.8. The van der Waals surface area contributed by atoms with Crippen molar-refractivity contribution in [2.24, 2.45) is 0 Å². The monoisotopic (exact) mass is 286 g/mol. The first-order chi connectivity index (χ1) is 9.66. The molecule has 0 atom stereocenters. The Kier molecular flexibility index (Phi) is 3.53.